The third-order valence-electron chi connectivity index (χ3n) is 6.52. The highest BCUT2D eigenvalue weighted by Gasteiger charge is 2.33. The average molecular weight is 381 g/mol. The molecule has 2 aromatic rings. The van der Waals surface area contributed by atoms with E-state index >= 15 is 0 Å². The zero-order chi connectivity index (χ0) is 18.5. The van der Waals surface area contributed by atoms with Gasteiger partial charge in [0.05, 0.1) is 7.11 Å². The summed E-state index contributed by atoms with van der Waals surface area (Å²) >= 11 is 0. The van der Waals surface area contributed by atoms with Gasteiger partial charge in [0.25, 0.3) is 0 Å². The van der Waals surface area contributed by atoms with E-state index in [1.54, 1.807) is 12.4 Å². The van der Waals surface area contributed by atoms with E-state index in [1.165, 1.54) is 75.3 Å². The minimum Gasteiger partial charge on any atom is -0.496 e. The van der Waals surface area contributed by atoms with Gasteiger partial charge in [-0.05, 0) is 53.9 Å². The van der Waals surface area contributed by atoms with Crippen LogP contribution in [0.4, 0.5) is 0 Å². The van der Waals surface area contributed by atoms with Gasteiger partial charge in [0.1, 0.15) is 5.75 Å². The first-order valence-electron chi connectivity index (χ1n) is 10.9. The van der Waals surface area contributed by atoms with Crippen molar-refractivity contribution >= 4 is 13.2 Å². The molecule has 2 aliphatic rings. The molecule has 144 valence electrons. The van der Waals surface area contributed by atoms with Gasteiger partial charge in [-0.25, -0.2) is 0 Å². The Kier molecular flexibility index (Phi) is 6.51. The van der Waals surface area contributed by atoms with E-state index in [1.807, 2.05) is 0 Å². The summed E-state index contributed by atoms with van der Waals surface area (Å²) in [5.41, 5.74) is 4.55. The third kappa shape index (κ3) is 4.24. The monoisotopic (exact) mass is 380 g/mol. The minimum atomic E-state index is -0.109. The second kappa shape index (κ2) is 9.24. The zero-order valence-corrected chi connectivity index (χ0v) is 17.6. The maximum atomic E-state index is 5.73. The van der Waals surface area contributed by atoms with Crippen LogP contribution in [0, 0.1) is 0 Å². The Morgan fingerprint density at radius 1 is 0.667 bits per heavy atom. The molecule has 2 fully saturated rings. The molecule has 0 atom stereocenters. The van der Waals surface area contributed by atoms with Crippen molar-refractivity contribution in [2.24, 2.45) is 0 Å². The van der Waals surface area contributed by atoms with Gasteiger partial charge < -0.3 is 4.74 Å². The Hall–Kier alpha value is -1.33. The molecule has 0 aromatic heterocycles. The van der Waals surface area contributed by atoms with Crippen LogP contribution in [0.3, 0.4) is 0 Å². The summed E-state index contributed by atoms with van der Waals surface area (Å²) in [6, 6.07) is 17.9. The molecule has 0 amide bonds. The van der Waals surface area contributed by atoms with Crippen LogP contribution >= 0.6 is 7.92 Å². The molecule has 0 unspecified atom stereocenters. The first-order chi connectivity index (χ1) is 13.4. The molecule has 2 saturated carbocycles. The largest absolute Gasteiger partial charge is 0.496 e. The molecular weight excluding hydrogens is 347 g/mol. The van der Waals surface area contributed by atoms with Crippen molar-refractivity contribution in [3.63, 3.8) is 0 Å². The predicted molar refractivity (Wildman–Crippen MR) is 119 cm³/mol. The van der Waals surface area contributed by atoms with Crippen LogP contribution < -0.4 is 10.0 Å². The molecule has 0 radical (unpaired) electrons. The van der Waals surface area contributed by atoms with E-state index in [9.17, 15) is 0 Å². The SMILES string of the molecule is COc1ccccc1-c1ccccc1P(C1CCCCC1)C1CCCCC1. The lowest BCUT2D eigenvalue weighted by Crippen LogP contribution is -2.27. The summed E-state index contributed by atoms with van der Waals surface area (Å²) in [5, 5.41) is 1.65. The lowest BCUT2D eigenvalue weighted by atomic mass is 9.99. The molecule has 1 nitrogen and oxygen atoms in total. The normalized spacial score (nSPS) is 19.3. The number of hydrogen-bond donors (Lipinski definition) is 0. The van der Waals surface area contributed by atoms with Crippen molar-refractivity contribution in [2.75, 3.05) is 7.11 Å². The third-order valence-corrected chi connectivity index (χ3v) is 10.1. The Labute approximate surface area is 166 Å². The van der Waals surface area contributed by atoms with Crippen LogP contribution in [0.2, 0.25) is 0 Å². The van der Waals surface area contributed by atoms with Crippen molar-refractivity contribution in [1.29, 1.82) is 0 Å². The second-order valence-corrected chi connectivity index (χ2v) is 11.0. The van der Waals surface area contributed by atoms with Crippen LogP contribution in [-0.4, -0.2) is 18.4 Å². The van der Waals surface area contributed by atoms with Crippen molar-refractivity contribution < 1.29 is 4.74 Å². The van der Waals surface area contributed by atoms with Crippen molar-refractivity contribution in [3.8, 4) is 16.9 Å². The smallest absolute Gasteiger partial charge is 0.126 e. The van der Waals surface area contributed by atoms with Gasteiger partial charge in [0, 0.05) is 5.56 Å². The van der Waals surface area contributed by atoms with E-state index in [2.05, 4.69) is 48.5 Å². The fourth-order valence-corrected chi connectivity index (χ4v) is 9.16. The number of ether oxygens (including phenoxy) is 1. The fourth-order valence-electron chi connectivity index (χ4n) is 5.20. The molecule has 2 heteroatoms. The molecule has 4 rings (SSSR count). The molecule has 0 N–H and O–H groups in total. The summed E-state index contributed by atoms with van der Waals surface area (Å²) < 4.78 is 5.73. The van der Waals surface area contributed by atoms with E-state index in [-0.39, 0.29) is 7.92 Å². The Morgan fingerprint density at radius 2 is 1.19 bits per heavy atom. The lowest BCUT2D eigenvalue weighted by Gasteiger charge is -2.39. The highest BCUT2D eigenvalue weighted by molar-refractivity contribution is 7.67. The molecule has 2 aliphatic carbocycles. The van der Waals surface area contributed by atoms with Crippen molar-refractivity contribution in [2.45, 2.75) is 75.5 Å². The van der Waals surface area contributed by atoms with E-state index < -0.39 is 0 Å². The number of rotatable bonds is 5. The van der Waals surface area contributed by atoms with Crippen molar-refractivity contribution in [1.82, 2.24) is 0 Å². The summed E-state index contributed by atoms with van der Waals surface area (Å²) in [5.74, 6) is 1.01. The van der Waals surface area contributed by atoms with Crippen molar-refractivity contribution in [3.05, 3.63) is 48.5 Å². The summed E-state index contributed by atoms with van der Waals surface area (Å²) in [6.45, 7) is 0. The summed E-state index contributed by atoms with van der Waals surface area (Å²) in [4.78, 5) is 0. The summed E-state index contributed by atoms with van der Waals surface area (Å²) in [7, 11) is 1.69. The molecule has 0 bridgehead atoms. The Bertz CT molecular complexity index is 711. The average Bonchev–Trinajstić information content (AvgIpc) is 2.76. The molecule has 27 heavy (non-hydrogen) atoms. The van der Waals surface area contributed by atoms with Gasteiger partial charge in [-0.15, -0.1) is 0 Å². The maximum absolute atomic E-state index is 5.73. The van der Waals surface area contributed by atoms with Crippen LogP contribution in [0.5, 0.6) is 5.75 Å². The zero-order valence-electron chi connectivity index (χ0n) is 16.7. The van der Waals surface area contributed by atoms with E-state index in [0.29, 0.717) is 0 Å². The predicted octanol–water partition coefficient (Wildman–Crippen LogP) is 7.13. The van der Waals surface area contributed by atoms with Gasteiger partial charge in [0.2, 0.25) is 0 Å². The highest BCUT2D eigenvalue weighted by atomic mass is 31.1. The minimum absolute atomic E-state index is 0.109. The molecule has 2 aromatic carbocycles. The number of hydrogen-bond acceptors (Lipinski definition) is 1. The second-order valence-electron chi connectivity index (χ2n) is 8.21. The molecular formula is C25H33OP. The number of methoxy groups -OCH3 is 1. The van der Waals surface area contributed by atoms with Crippen LogP contribution in [0.1, 0.15) is 64.2 Å². The lowest BCUT2D eigenvalue weighted by molar-refractivity contribution is 0.416. The summed E-state index contributed by atoms with van der Waals surface area (Å²) in [6.07, 6.45) is 14.4. The van der Waals surface area contributed by atoms with E-state index in [4.69, 9.17) is 4.74 Å². The first-order valence-corrected chi connectivity index (χ1v) is 12.4. The standard InChI is InChI=1S/C25H33OP/c1-26-24-18-10-8-16-22(24)23-17-9-11-19-25(23)27(20-12-4-2-5-13-20)21-14-6-3-7-15-21/h8-11,16-21H,2-7,12-15H2,1H3. The number of para-hydroxylation sites is 1. The Balaban J connectivity index is 1.77. The molecule has 0 aliphatic heterocycles. The topological polar surface area (TPSA) is 9.23 Å². The molecule has 0 heterocycles. The first kappa shape index (κ1) is 19.0. The van der Waals surface area contributed by atoms with Gasteiger partial charge in [-0.2, -0.15) is 0 Å². The van der Waals surface area contributed by atoms with Gasteiger partial charge in [-0.1, -0.05) is 88.9 Å². The van der Waals surface area contributed by atoms with Crippen LogP contribution in [0.25, 0.3) is 11.1 Å². The van der Waals surface area contributed by atoms with Gasteiger partial charge >= 0.3 is 0 Å². The molecule has 0 saturated heterocycles. The quantitative estimate of drug-likeness (QED) is 0.501. The molecule has 0 spiro atoms. The van der Waals surface area contributed by atoms with Gasteiger partial charge in [0.15, 0.2) is 0 Å². The highest BCUT2D eigenvalue weighted by Crippen LogP contribution is 2.56. The van der Waals surface area contributed by atoms with Gasteiger partial charge in [-0.3, -0.25) is 0 Å². The van der Waals surface area contributed by atoms with Crippen LogP contribution in [-0.2, 0) is 0 Å². The Morgan fingerprint density at radius 3 is 1.78 bits per heavy atom. The van der Waals surface area contributed by atoms with Crippen LogP contribution in [0.15, 0.2) is 48.5 Å². The van der Waals surface area contributed by atoms with E-state index in [0.717, 1.165) is 17.1 Å². The number of benzene rings is 2. The maximum Gasteiger partial charge on any atom is 0.126 e. The fraction of sp³-hybridized carbons (Fsp3) is 0.520.